The number of nitrogens with one attached hydrogen (secondary N) is 1. The average Bonchev–Trinajstić information content (AvgIpc) is 3.72. The van der Waals surface area contributed by atoms with Crippen molar-refractivity contribution in [3.8, 4) is 0 Å². The van der Waals surface area contributed by atoms with Crippen LogP contribution in [0.2, 0.25) is 0 Å². The van der Waals surface area contributed by atoms with E-state index in [1.54, 1.807) is 0 Å². The summed E-state index contributed by atoms with van der Waals surface area (Å²) in [5, 5.41) is 16.3. The summed E-state index contributed by atoms with van der Waals surface area (Å²) in [6.07, 6.45) is 3.85. The highest BCUT2D eigenvalue weighted by Crippen LogP contribution is 2.70. The van der Waals surface area contributed by atoms with E-state index in [0.29, 0.717) is 31.2 Å². The normalized spacial score (nSPS) is 30.0. The lowest BCUT2D eigenvalue weighted by atomic mass is 9.53. The molecule has 3 saturated heterocycles. The van der Waals surface area contributed by atoms with E-state index < -0.39 is 5.60 Å². The third-order valence-corrected chi connectivity index (χ3v) is 8.92. The lowest BCUT2D eigenvalue weighted by Gasteiger charge is -2.49. The number of benzene rings is 1. The molecule has 11 nitrogen and oxygen atoms in total. The number of aryl methyl sites for hydroxylation is 2. The van der Waals surface area contributed by atoms with E-state index in [-0.39, 0.29) is 16.7 Å². The molecule has 4 aromatic rings. The highest BCUT2D eigenvalue weighted by atomic mass is 16.5. The summed E-state index contributed by atoms with van der Waals surface area (Å²) in [6, 6.07) is 13.0. The van der Waals surface area contributed by atoms with E-state index in [1.165, 1.54) is 5.56 Å². The van der Waals surface area contributed by atoms with Crippen LogP contribution in [-0.2, 0) is 15.8 Å². The summed E-state index contributed by atoms with van der Waals surface area (Å²) in [6.45, 7) is 9.02. The van der Waals surface area contributed by atoms with Crippen LogP contribution >= 0.6 is 0 Å². The number of anilines is 1. The molecule has 1 saturated carbocycles. The Balaban J connectivity index is 1.24. The van der Waals surface area contributed by atoms with Crippen LogP contribution in [0.1, 0.15) is 54.3 Å². The molecular weight excluding hydrogens is 480 g/mol. The van der Waals surface area contributed by atoms with Crippen LogP contribution in [0.25, 0.3) is 16.1 Å². The van der Waals surface area contributed by atoms with Crippen LogP contribution in [0.5, 0.6) is 0 Å². The number of rotatable bonds is 6. The number of hydrogen-bond donors (Lipinski definition) is 1. The van der Waals surface area contributed by atoms with Gasteiger partial charge in [0, 0.05) is 35.4 Å². The topological polar surface area (TPSA) is 133 Å². The van der Waals surface area contributed by atoms with Crippen molar-refractivity contribution in [1.29, 1.82) is 0 Å². The number of fused-ring (bicyclic) bond motifs is 2. The van der Waals surface area contributed by atoms with Gasteiger partial charge in [-0.25, -0.2) is 14.5 Å². The summed E-state index contributed by atoms with van der Waals surface area (Å²) in [5.74, 6) is 1.84. The lowest BCUT2D eigenvalue weighted by Crippen LogP contribution is -2.53. The summed E-state index contributed by atoms with van der Waals surface area (Å²) in [5.41, 5.74) is 12.4. The smallest absolute Gasteiger partial charge is 0.184 e. The van der Waals surface area contributed by atoms with Crippen molar-refractivity contribution in [3.63, 3.8) is 0 Å². The number of H-pyrrole nitrogens is 1. The first kappa shape index (κ1) is 23.2. The number of ether oxygens (including phenoxy) is 1. The first-order valence-corrected chi connectivity index (χ1v) is 13.1. The Morgan fingerprint density at radius 2 is 2.08 bits per heavy atom. The number of aromatic amines is 1. The first-order chi connectivity index (χ1) is 18.4. The van der Waals surface area contributed by atoms with Gasteiger partial charge in [0.05, 0.1) is 24.4 Å². The third-order valence-electron chi connectivity index (χ3n) is 8.92. The molecule has 8 rings (SSSR count). The van der Waals surface area contributed by atoms with Crippen molar-refractivity contribution >= 4 is 11.3 Å². The van der Waals surface area contributed by atoms with Gasteiger partial charge in [0.1, 0.15) is 11.4 Å². The van der Waals surface area contributed by atoms with Gasteiger partial charge < -0.3 is 9.64 Å². The molecule has 1 N–H and O–H groups in total. The van der Waals surface area contributed by atoms with Crippen LogP contribution in [0.4, 0.5) is 5.69 Å². The van der Waals surface area contributed by atoms with Crippen molar-refractivity contribution < 1.29 is 4.74 Å². The Morgan fingerprint density at radius 1 is 1.24 bits per heavy atom. The van der Waals surface area contributed by atoms with Crippen LogP contribution < -0.4 is 4.90 Å². The van der Waals surface area contributed by atoms with E-state index in [2.05, 4.69) is 86.5 Å². The fourth-order valence-corrected chi connectivity index (χ4v) is 6.98. The molecule has 11 heteroatoms. The van der Waals surface area contributed by atoms with Crippen molar-refractivity contribution in [2.45, 2.75) is 50.5 Å². The zero-order valence-electron chi connectivity index (χ0n) is 21.8. The standard InChI is InChI=1S/C27H30N10O/c1-17-11-20(36-10-9-25(3,15-36)19-7-5-4-6-8-19)12-37-23(17)31-24(34-37)27-13-26(16-38-27,14-29-35-28)21(27)22-30-18(2)32-33-22/h4-8,11-12,21H,9-10,13-16H2,1-3H3,(H,30,32,33)/t21?,25-,26?,27?/m0/s1. The maximum atomic E-state index is 8.99. The lowest BCUT2D eigenvalue weighted by molar-refractivity contribution is -0.0555. The fourth-order valence-electron chi connectivity index (χ4n) is 6.98. The second-order valence-electron chi connectivity index (χ2n) is 11.5. The minimum absolute atomic E-state index is 0.109. The predicted molar refractivity (Wildman–Crippen MR) is 141 cm³/mol. The number of azide groups is 1. The SMILES string of the molecule is Cc1nc(C2C3(CN=[N+]=[N-])COC2(c2nc4c(C)cc(N5CC[C@](C)(c6ccccc6)C5)cn4n2)C3)n[nH]1. The highest BCUT2D eigenvalue weighted by molar-refractivity contribution is 5.58. The molecule has 3 aliphatic heterocycles. The van der Waals surface area contributed by atoms with Gasteiger partial charge in [-0.1, -0.05) is 42.4 Å². The molecule has 3 unspecified atom stereocenters. The second kappa shape index (κ2) is 8.02. The van der Waals surface area contributed by atoms with Crippen molar-refractivity contribution in [2.24, 2.45) is 10.5 Å². The Bertz CT molecular complexity index is 1590. The van der Waals surface area contributed by atoms with Crippen molar-refractivity contribution in [3.05, 3.63) is 81.6 Å². The van der Waals surface area contributed by atoms with Gasteiger partial charge in [0.25, 0.3) is 0 Å². The molecule has 0 amide bonds. The summed E-state index contributed by atoms with van der Waals surface area (Å²) in [7, 11) is 0. The number of pyridine rings is 1. The van der Waals surface area contributed by atoms with Gasteiger partial charge in [-0.2, -0.15) is 5.10 Å². The van der Waals surface area contributed by atoms with Gasteiger partial charge >= 0.3 is 0 Å². The molecule has 0 spiro atoms. The Morgan fingerprint density at radius 3 is 2.84 bits per heavy atom. The van der Waals surface area contributed by atoms with E-state index in [9.17, 15) is 0 Å². The minimum atomic E-state index is -0.738. The Hall–Kier alpha value is -3.95. The maximum Gasteiger partial charge on any atom is 0.184 e. The average molecular weight is 511 g/mol. The molecule has 3 aromatic heterocycles. The van der Waals surface area contributed by atoms with Crippen LogP contribution in [0.15, 0.2) is 47.7 Å². The van der Waals surface area contributed by atoms with Gasteiger partial charge in [0.15, 0.2) is 17.3 Å². The van der Waals surface area contributed by atoms with E-state index in [4.69, 9.17) is 20.4 Å². The largest absolute Gasteiger partial charge is 0.369 e. The fraction of sp³-hybridized carbons (Fsp3) is 0.481. The van der Waals surface area contributed by atoms with Gasteiger partial charge in [-0.05, 0) is 49.4 Å². The number of nitrogens with zero attached hydrogens (tertiary/aromatic N) is 9. The molecule has 2 bridgehead atoms. The summed E-state index contributed by atoms with van der Waals surface area (Å²) in [4.78, 5) is 15.0. The number of hydrogen-bond acceptors (Lipinski definition) is 7. The van der Waals surface area contributed by atoms with Gasteiger partial charge in [-0.3, -0.25) is 5.10 Å². The van der Waals surface area contributed by atoms with Crippen molar-refractivity contribution in [2.75, 3.05) is 31.1 Å². The molecule has 0 radical (unpaired) electrons. The van der Waals surface area contributed by atoms with E-state index >= 15 is 0 Å². The van der Waals surface area contributed by atoms with E-state index in [0.717, 1.165) is 42.2 Å². The highest BCUT2D eigenvalue weighted by Gasteiger charge is 2.74. The molecule has 4 atom stereocenters. The van der Waals surface area contributed by atoms with Crippen LogP contribution in [0.3, 0.4) is 0 Å². The minimum Gasteiger partial charge on any atom is -0.369 e. The van der Waals surface area contributed by atoms with Crippen molar-refractivity contribution in [1.82, 2.24) is 29.8 Å². The zero-order valence-corrected chi connectivity index (χ0v) is 21.8. The molecule has 38 heavy (non-hydrogen) atoms. The molecule has 194 valence electrons. The van der Waals surface area contributed by atoms with E-state index in [1.807, 2.05) is 11.4 Å². The molecule has 1 aromatic carbocycles. The quantitative estimate of drug-likeness (QED) is 0.233. The molecule has 6 heterocycles. The molecule has 4 fully saturated rings. The third kappa shape index (κ3) is 3.21. The molecule has 1 aliphatic carbocycles. The zero-order chi connectivity index (χ0) is 26.1. The predicted octanol–water partition coefficient (Wildman–Crippen LogP) is 4.34. The summed E-state index contributed by atoms with van der Waals surface area (Å²) >= 11 is 0. The second-order valence-corrected chi connectivity index (χ2v) is 11.5. The van der Waals surface area contributed by atoms with Gasteiger partial charge in [-0.15, -0.1) is 5.10 Å². The molecule has 4 aliphatic rings. The van der Waals surface area contributed by atoms with Gasteiger partial charge in [0.2, 0.25) is 0 Å². The Kier molecular flexibility index (Phi) is 4.90. The molecular formula is C27H30N10O. The number of aromatic nitrogens is 6. The monoisotopic (exact) mass is 510 g/mol. The Labute approximate surface area is 219 Å². The summed E-state index contributed by atoms with van der Waals surface area (Å²) < 4.78 is 8.32. The maximum absolute atomic E-state index is 8.99. The first-order valence-electron chi connectivity index (χ1n) is 13.1. The van der Waals surface area contributed by atoms with Crippen LogP contribution in [-0.4, -0.2) is 56.0 Å². The van der Waals surface area contributed by atoms with Crippen LogP contribution in [0, 0.1) is 19.3 Å².